The predicted octanol–water partition coefficient (Wildman–Crippen LogP) is 0.785. The minimum Gasteiger partial charge on any atom is -0.504 e. The van der Waals surface area contributed by atoms with Crippen LogP contribution >= 0.6 is 11.5 Å². The molecule has 0 aliphatic carbocycles. The summed E-state index contributed by atoms with van der Waals surface area (Å²) in [7, 11) is 1.17. The average Bonchev–Trinajstić information content (AvgIpc) is 2.65. The Hall–Kier alpha value is -1.89. The zero-order valence-electron chi connectivity index (χ0n) is 8.53. The third-order valence-electron chi connectivity index (χ3n) is 2.17. The summed E-state index contributed by atoms with van der Waals surface area (Å²) in [4.78, 5) is 25.2. The summed E-state index contributed by atoms with van der Waals surface area (Å²) in [6, 6.07) is 0. The van der Waals surface area contributed by atoms with Gasteiger partial charge in [-0.25, -0.2) is 4.79 Å². The summed E-state index contributed by atoms with van der Waals surface area (Å²) in [5.74, 6) is -1.09. The summed E-state index contributed by atoms with van der Waals surface area (Å²) in [5.41, 5.74) is -0.184. The number of nitrogens with zero attached hydrogens (tertiary/aromatic N) is 1. The molecule has 0 aliphatic rings. The number of hydrogen-bond acceptors (Lipinski definition) is 6. The lowest BCUT2D eigenvalue weighted by Gasteiger charge is -2.02. The van der Waals surface area contributed by atoms with Crippen LogP contribution in [0.5, 0.6) is 5.75 Å². The van der Waals surface area contributed by atoms with E-state index in [4.69, 9.17) is 0 Å². The lowest BCUT2D eigenvalue weighted by molar-refractivity contribution is 0.0590. The van der Waals surface area contributed by atoms with Crippen molar-refractivity contribution in [3.63, 3.8) is 0 Å². The molecular formula is C9H8N2O4S. The van der Waals surface area contributed by atoms with E-state index in [0.717, 1.165) is 11.5 Å². The van der Waals surface area contributed by atoms with Crippen molar-refractivity contribution in [1.82, 2.24) is 9.36 Å². The van der Waals surface area contributed by atoms with E-state index in [2.05, 4.69) is 14.1 Å². The first kappa shape index (κ1) is 10.6. The largest absolute Gasteiger partial charge is 0.504 e. The number of ether oxygens (including phenoxy) is 1. The molecule has 0 amide bonds. The lowest BCUT2D eigenvalue weighted by Crippen LogP contribution is -2.14. The first-order chi connectivity index (χ1) is 7.56. The van der Waals surface area contributed by atoms with Gasteiger partial charge in [-0.05, 0) is 18.5 Å². The Kier molecular flexibility index (Phi) is 2.39. The second-order valence-electron chi connectivity index (χ2n) is 3.14. The minimum absolute atomic E-state index is 0.247. The Bertz CT molecular complexity index is 628. The van der Waals surface area contributed by atoms with Crippen LogP contribution in [0, 0.1) is 6.92 Å². The van der Waals surface area contributed by atoms with Gasteiger partial charge in [-0.1, -0.05) is 0 Å². The zero-order chi connectivity index (χ0) is 11.9. The summed E-state index contributed by atoms with van der Waals surface area (Å²) in [6.07, 6.45) is 0. The average molecular weight is 240 g/mol. The molecule has 16 heavy (non-hydrogen) atoms. The van der Waals surface area contributed by atoms with Crippen molar-refractivity contribution >= 4 is 27.6 Å². The van der Waals surface area contributed by atoms with Crippen molar-refractivity contribution in [1.29, 1.82) is 0 Å². The van der Waals surface area contributed by atoms with Gasteiger partial charge in [0.05, 0.1) is 18.2 Å². The van der Waals surface area contributed by atoms with E-state index in [1.807, 2.05) is 0 Å². The summed E-state index contributed by atoms with van der Waals surface area (Å²) in [6.45, 7) is 1.66. The van der Waals surface area contributed by atoms with Crippen LogP contribution in [-0.4, -0.2) is 27.5 Å². The van der Waals surface area contributed by atoms with E-state index in [1.54, 1.807) is 6.92 Å². The Labute approximate surface area is 93.7 Å². The number of fused-ring (bicyclic) bond motifs is 1. The number of nitrogens with one attached hydrogen (secondary N) is 1. The fourth-order valence-corrected chi connectivity index (χ4v) is 2.24. The normalized spacial score (nSPS) is 10.6. The van der Waals surface area contributed by atoms with Gasteiger partial charge in [-0.2, -0.15) is 4.37 Å². The van der Waals surface area contributed by atoms with Crippen molar-refractivity contribution in [2.45, 2.75) is 6.92 Å². The highest BCUT2D eigenvalue weighted by Crippen LogP contribution is 2.30. The highest BCUT2D eigenvalue weighted by molar-refractivity contribution is 7.13. The van der Waals surface area contributed by atoms with E-state index >= 15 is 0 Å². The van der Waals surface area contributed by atoms with E-state index < -0.39 is 11.5 Å². The molecule has 6 nitrogen and oxygen atoms in total. The molecule has 0 aromatic carbocycles. The third-order valence-corrected chi connectivity index (χ3v) is 3.11. The molecule has 0 bridgehead atoms. The summed E-state index contributed by atoms with van der Waals surface area (Å²) in [5, 5.41) is 10.1. The van der Waals surface area contributed by atoms with Gasteiger partial charge in [-0.3, -0.25) is 4.79 Å². The van der Waals surface area contributed by atoms with Gasteiger partial charge in [0.2, 0.25) is 0 Å². The molecule has 7 heteroatoms. The van der Waals surface area contributed by atoms with Crippen LogP contribution in [0.25, 0.3) is 10.1 Å². The van der Waals surface area contributed by atoms with Crippen LogP contribution in [0.15, 0.2) is 4.79 Å². The van der Waals surface area contributed by atoms with E-state index in [-0.39, 0.29) is 11.4 Å². The molecular weight excluding hydrogens is 232 g/mol. The minimum atomic E-state index is -0.789. The van der Waals surface area contributed by atoms with E-state index in [0.29, 0.717) is 15.8 Å². The number of aryl methyl sites for hydroxylation is 1. The van der Waals surface area contributed by atoms with Gasteiger partial charge in [0.15, 0.2) is 11.4 Å². The molecule has 0 saturated carbocycles. The molecule has 2 aromatic heterocycles. The summed E-state index contributed by atoms with van der Waals surface area (Å²) < 4.78 is 8.69. The fourth-order valence-electron chi connectivity index (χ4n) is 1.40. The van der Waals surface area contributed by atoms with Crippen molar-refractivity contribution < 1.29 is 14.6 Å². The number of hydrogen-bond donors (Lipinski definition) is 2. The number of carbonyl (C=O) groups is 1. The van der Waals surface area contributed by atoms with Crippen molar-refractivity contribution in [2.24, 2.45) is 0 Å². The Morgan fingerprint density at radius 1 is 1.56 bits per heavy atom. The number of rotatable bonds is 1. The van der Waals surface area contributed by atoms with Gasteiger partial charge >= 0.3 is 5.97 Å². The first-order valence-corrected chi connectivity index (χ1v) is 5.13. The second-order valence-corrected chi connectivity index (χ2v) is 3.91. The van der Waals surface area contributed by atoms with Crippen molar-refractivity contribution in [3.05, 3.63) is 21.7 Å². The third kappa shape index (κ3) is 1.36. The molecule has 2 rings (SSSR count). The zero-order valence-corrected chi connectivity index (χ0v) is 9.34. The number of aromatic nitrogens is 2. The molecule has 2 N–H and O–H groups in total. The van der Waals surface area contributed by atoms with Gasteiger partial charge in [0.1, 0.15) is 4.70 Å². The number of carbonyl (C=O) groups excluding carboxylic acids is 1. The van der Waals surface area contributed by atoms with Gasteiger partial charge in [0, 0.05) is 0 Å². The van der Waals surface area contributed by atoms with Crippen molar-refractivity contribution in [2.75, 3.05) is 7.11 Å². The molecule has 84 valence electrons. The quantitative estimate of drug-likeness (QED) is 0.719. The highest BCUT2D eigenvalue weighted by Gasteiger charge is 2.20. The smallest absolute Gasteiger partial charge is 0.358 e. The van der Waals surface area contributed by atoms with Gasteiger partial charge in [0.25, 0.3) is 5.56 Å². The number of aromatic amines is 1. The maximum atomic E-state index is 11.6. The maximum Gasteiger partial charge on any atom is 0.358 e. The van der Waals surface area contributed by atoms with E-state index in [9.17, 15) is 14.7 Å². The van der Waals surface area contributed by atoms with E-state index in [1.165, 1.54) is 7.11 Å². The topological polar surface area (TPSA) is 92.3 Å². The molecule has 0 spiro atoms. The predicted molar refractivity (Wildman–Crippen MR) is 58.0 cm³/mol. The van der Waals surface area contributed by atoms with Crippen molar-refractivity contribution in [3.8, 4) is 5.75 Å². The van der Waals surface area contributed by atoms with Crippen LogP contribution < -0.4 is 5.56 Å². The Morgan fingerprint density at radius 3 is 2.88 bits per heavy atom. The first-order valence-electron chi connectivity index (χ1n) is 4.35. The molecule has 2 heterocycles. The van der Waals surface area contributed by atoms with Crippen LogP contribution in [0.4, 0.5) is 0 Å². The molecule has 2 aromatic rings. The highest BCUT2D eigenvalue weighted by atomic mass is 32.1. The molecule has 0 aliphatic heterocycles. The maximum absolute atomic E-state index is 11.6. The number of esters is 1. The van der Waals surface area contributed by atoms with Crippen LogP contribution in [-0.2, 0) is 4.74 Å². The molecule has 0 radical (unpaired) electrons. The second kappa shape index (κ2) is 3.60. The number of aromatic hydroxyl groups is 1. The number of methoxy groups -OCH3 is 1. The van der Waals surface area contributed by atoms with Crippen LogP contribution in [0.1, 0.15) is 16.2 Å². The molecule has 0 unspecified atom stereocenters. The Morgan fingerprint density at radius 2 is 2.25 bits per heavy atom. The van der Waals surface area contributed by atoms with Gasteiger partial charge < -0.3 is 14.8 Å². The van der Waals surface area contributed by atoms with Crippen LogP contribution in [0.2, 0.25) is 0 Å². The van der Waals surface area contributed by atoms with Gasteiger partial charge in [-0.15, -0.1) is 0 Å². The molecule has 0 fully saturated rings. The van der Waals surface area contributed by atoms with Crippen LogP contribution in [0.3, 0.4) is 0 Å². The number of H-pyrrole nitrogens is 1. The lowest BCUT2D eigenvalue weighted by atomic mass is 10.2. The molecule has 0 saturated heterocycles. The summed E-state index contributed by atoms with van der Waals surface area (Å²) >= 11 is 0.969. The fraction of sp³-hybridized carbons (Fsp3) is 0.222. The standard InChI is InChI=1S/C9H8N2O4S/c1-3-4-7(16-11-3)6(12)5(9(14)15-2)10-8(4)13/h12H,1-2H3,(H,10,13). The molecule has 0 atom stereocenters. The number of pyridine rings is 1. The Balaban J connectivity index is 2.87. The monoisotopic (exact) mass is 240 g/mol. The SMILES string of the molecule is COC(=O)c1[nH]c(=O)c2c(C)nsc2c1O.